The second-order valence-corrected chi connectivity index (χ2v) is 9.20. The second kappa shape index (κ2) is 11.8. The van der Waals surface area contributed by atoms with Gasteiger partial charge in [-0.2, -0.15) is 13.2 Å². The zero-order valence-electron chi connectivity index (χ0n) is 19.1. The number of piperidine rings is 1. The summed E-state index contributed by atoms with van der Waals surface area (Å²) in [5.41, 5.74) is -0.518. The van der Waals surface area contributed by atoms with Crippen LogP contribution in [-0.4, -0.2) is 85.0 Å². The van der Waals surface area contributed by atoms with Crippen LogP contribution in [0.5, 0.6) is 0 Å². The van der Waals surface area contributed by atoms with Crippen LogP contribution >= 0.6 is 24.0 Å². The number of amides is 1. The van der Waals surface area contributed by atoms with E-state index in [-0.39, 0.29) is 61.3 Å². The lowest BCUT2D eigenvalue weighted by Gasteiger charge is -2.40. The summed E-state index contributed by atoms with van der Waals surface area (Å²) >= 11 is 0. The summed E-state index contributed by atoms with van der Waals surface area (Å²) in [6, 6.07) is 0.431. The van der Waals surface area contributed by atoms with Crippen molar-refractivity contribution in [2.45, 2.75) is 83.3 Å². The molecule has 7 nitrogen and oxygen atoms in total. The zero-order chi connectivity index (χ0) is 22.5. The Morgan fingerprint density at radius 3 is 2.26 bits per heavy atom. The van der Waals surface area contributed by atoms with Gasteiger partial charge in [-0.1, -0.05) is 0 Å². The molecule has 0 aromatic carbocycles. The van der Waals surface area contributed by atoms with E-state index in [1.165, 1.54) is 11.9 Å². The van der Waals surface area contributed by atoms with Crippen LogP contribution in [0.15, 0.2) is 4.99 Å². The molecule has 2 bridgehead atoms. The van der Waals surface area contributed by atoms with Crippen molar-refractivity contribution in [1.29, 1.82) is 0 Å². The van der Waals surface area contributed by atoms with Crippen molar-refractivity contribution >= 4 is 36.0 Å². The van der Waals surface area contributed by atoms with Crippen molar-refractivity contribution in [3.8, 4) is 0 Å². The van der Waals surface area contributed by atoms with Gasteiger partial charge in [0.05, 0.1) is 13.1 Å². The number of alkyl halides is 3. The first-order valence-corrected chi connectivity index (χ1v) is 10.7. The van der Waals surface area contributed by atoms with Crippen molar-refractivity contribution in [3.63, 3.8) is 0 Å². The summed E-state index contributed by atoms with van der Waals surface area (Å²) in [7, 11) is 1.44. The quantitative estimate of drug-likeness (QED) is 0.294. The predicted molar refractivity (Wildman–Crippen MR) is 126 cm³/mol. The first-order chi connectivity index (χ1) is 13.9. The van der Waals surface area contributed by atoms with E-state index < -0.39 is 18.3 Å². The highest BCUT2D eigenvalue weighted by Gasteiger charge is 2.45. The zero-order valence-corrected chi connectivity index (χ0v) is 21.4. The maximum Gasteiger partial charge on any atom is 0.410 e. The van der Waals surface area contributed by atoms with Crippen molar-refractivity contribution in [2.75, 3.05) is 33.2 Å². The molecule has 31 heavy (non-hydrogen) atoms. The third kappa shape index (κ3) is 9.58. The molecular weight excluding hydrogens is 526 g/mol. The Hall–Kier alpha value is -0.980. The molecule has 0 aromatic rings. The monoisotopic (exact) mass is 563 g/mol. The Morgan fingerprint density at radius 2 is 1.77 bits per heavy atom. The number of aliphatic imine (C=N–C) groups is 1. The van der Waals surface area contributed by atoms with Gasteiger partial charge in [-0.15, -0.1) is 24.0 Å². The maximum absolute atomic E-state index is 12.6. The van der Waals surface area contributed by atoms with Crippen LogP contribution < -0.4 is 10.6 Å². The highest BCUT2D eigenvalue weighted by molar-refractivity contribution is 14.0. The summed E-state index contributed by atoms with van der Waals surface area (Å²) in [6.45, 7) is 7.75. The fraction of sp³-hybridized carbons (Fsp3) is 0.900. The van der Waals surface area contributed by atoms with Gasteiger partial charge >= 0.3 is 12.3 Å². The number of hydrogen-bond donors (Lipinski definition) is 2. The normalized spacial score (nSPS) is 24.1. The standard InChI is InChI=1S/C20H36F3N5O2.HI/c1-6-24-17(25-9-10-27(5)13-20(21,22)23)26-14-11-15-7-8-16(12-14)28(15)18(29)30-19(2,3)4;/h14-16H,6-13H2,1-5H3,(H2,24,25,26);1H. The maximum atomic E-state index is 12.6. The Labute approximate surface area is 200 Å². The lowest BCUT2D eigenvalue weighted by atomic mass is 9.98. The number of likely N-dealkylation sites (N-methyl/N-ethyl adjacent to an activating group) is 1. The molecule has 0 spiro atoms. The second-order valence-electron chi connectivity index (χ2n) is 9.20. The average molecular weight is 563 g/mol. The van der Waals surface area contributed by atoms with Gasteiger partial charge in [0.25, 0.3) is 0 Å². The minimum absolute atomic E-state index is 0. The molecule has 2 saturated heterocycles. The van der Waals surface area contributed by atoms with E-state index in [2.05, 4.69) is 15.6 Å². The molecule has 182 valence electrons. The Morgan fingerprint density at radius 1 is 1.19 bits per heavy atom. The van der Waals surface area contributed by atoms with E-state index in [9.17, 15) is 18.0 Å². The Kier molecular flexibility index (Phi) is 10.6. The van der Waals surface area contributed by atoms with Gasteiger partial charge in [0.15, 0.2) is 5.96 Å². The minimum atomic E-state index is -4.21. The van der Waals surface area contributed by atoms with E-state index in [4.69, 9.17) is 4.74 Å². The first-order valence-electron chi connectivity index (χ1n) is 10.7. The number of hydrogen-bond acceptors (Lipinski definition) is 4. The molecule has 1 amide bonds. The van der Waals surface area contributed by atoms with Crippen molar-refractivity contribution in [2.24, 2.45) is 4.99 Å². The largest absolute Gasteiger partial charge is 0.444 e. The molecule has 2 unspecified atom stereocenters. The number of carbonyl (C=O) groups is 1. The summed E-state index contributed by atoms with van der Waals surface area (Å²) < 4.78 is 42.9. The minimum Gasteiger partial charge on any atom is -0.444 e. The van der Waals surface area contributed by atoms with Crippen LogP contribution in [0.1, 0.15) is 53.4 Å². The first kappa shape index (κ1) is 28.1. The van der Waals surface area contributed by atoms with E-state index in [1.807, 2.05) is 32.6 Å². The van der Waals surface area contributed by atoms with E-state index in [0.717, 1.165) is 25.7 Å². The highest BCUT2D eigenvalue weighted by Crippen LogP contribution is 2.36. The van der Waals surface area contributed by atoms with Gasteiger partial charge in [-0.05, 0) is 60.4 Å². The number of nitrogens with one attached hydrogen (secondary N) is 2. The van der Waals surface area contributed by atoms with Crippen molar-refractivity contribution in [1.82, 2.24) is 20.4 Å². The molecule has 0 saturated carbocycles. The third-order valence-electron chi connectivity index (χ3n) is 5.22. The van der Waals surface area contributed by atoms with Crippen LogP contribution in [0, 0.1) is 0 Å². The third-order valence-corrected chi connectivity index (χ3v) is 5.22. The summed E-state index contributed by atoms with van der Waals surface area (Å²) in [6.07, 6.45) is -0.942. The lowest BCUT2D eigenvalue weighted by Crippen LogP contribution is -2.55. The fourth-order valence-corrected chi connectivity index (χ4v) is 4.14. The number of ether oxygens (including phenoxy) is 1. The van der Waals surface area contributed by atoms with Gasteiger partial charge in [0.2, 0.25) is 0 Å². The molecule has 2 rings (SSSR count). The Bertz CT molecular complexity index is 599. The SMILES string of the molecule is CCNC(=NCCN(C)CC(F)(F)F)NC1CC2CCC(C1)N2C(=O)OC(C)(C)C.I. The predicted octanol–water partition coefficient (Wildman–Crippen LogP) is 3.58. The van der Waals surface area contributed by atoms with Gasteiger partial charge < -0.3 is 20.3 Å². The smallest absolute Gasteiger partial charge is 0.410 e. The average Bonchev–Trinajstić information content (AvgIpc) is 2.83. The summed E-state index contributed by atoms with van der Waals surface area (Å²) in [5, 5.41) is 6.57. The molecule has 0 aromatic heterocycles. The van der Waals surface area contributed by atoms with Gasteiger partial charge in [-0.3, -0.25) is 9.89 Å². The number of nitrogens with zero attached hydrogens (tertiary/aromatic N) is 3. The van der Waals surface area contributed by atoms with Crippen molar-refractivity contribution in [3.05, 3.63) is 0 Å². The van der Waals surface area contributed by atoms with E-state index in [0.29, 0.717) is 12.5 Å². The van der Waals surface area contributed by atoms with Crippen LogP contribution in [0.25, 0.3) is 0 Å². The van der Waals surface area contributed by atoms with E-state index >= 15 is 0 Å². The van der Waals surface area contributed by atoms with Crippen LogP contribution in [0.4, 0.5) is 18.0 Å². The molecule has 2 atom stereocenters. The summed E-state index contributed by atoms with van der Waals surface area (Å²) in [4.78, 5) is 20.1. The number of guanidine groups is 1. The molecule has 2 heterocycles. The molecule has 0 aliphatic carbocycles. The number of fused-ring (bicyclic) bond motifs is 2. The highest BCUT2D eigenvalue weighted by atomic mass is 127. The summed E-state index contributed by atoms with van der Waals surface area (Å²) in [5.74, 6) is 0.605. The van der Waals surface area contributed by atoms with E-state index in [1.54, 1.807) is 0 Å². The van der Waals surface area contributed by atoms with Gasteiger partial charge in [-0.25, -0.2) is 4.79 Å². The van der Waals surface area contributed by atoms with Crippen molar-refractivity contribution < 1.29 is 22.7 Å². The van der Waals surface area contributed by atoms with Gasteiger partial charge in [0.1, 0.15) is 5.60 Å². The Balaban J connectivity index is 0.00000480. The number of carbonyl (C=O) groups excluding carboxylic acids is 1. The van der Waals surface area contributed by atoms with Crippen LogP contribution in [0.2, 0.25) is 0 Å². The molecule has 2 N–H and O–H groups in total. The fourth-order valence-electron chi connectivity index (χ4n) is 4.14. The number of halogens is 4. The lowest BCUT2D eigenvalue weighted by molar-refractivity contribution is -0.142. The molecule has 11 heteroatoms. The molecular formula is C20H37F3IN5O2. The number of rotatable bonds is 6. The molecule has 2 aliphatic rings. The van der Waals surface area contributed by atoms with Crippen LogP contribution in [-0.2, 0) is 4.74 Å². The topological polar surface area (TPSA) is 69.2 Å². The molecule has 2 aliphatic heterocycles. The molecule has 2 fully saturated rings. The van der Waals surface area contributed by atoms with Gasteiger partial charge in [0, 0.05) is 31.2 Å². The van der Waals surface area contributed by atoms with Crippen LogP contribution in [0.3, 0.4) is 0 Å². The molecule has 0 radical (unpaired) electrons.